The number of aromatic nitrogens is 1. The lowest BCUT2D eigenvalue weighted by Gasteiger charge is -2.28. The van der Waals surface area contributed by atoms with Gasteiger partial charge in [0, 0.05) is 24.4 Å². The van der Waals surface area contributed by atoms with Crippen molar-refractivity contribution in [2.45, 2.75) is 18.9 Å². The Kier molecular flexibility index (Phi) is 4.37. The number of para-hydroxylation sites is 1. The molecule has 1 amide bonds. The Morgan fingerprint density at radius 1 is 1.16 bits per heavy atom. The highest BCUT2D eigenvalue weighted by molar-refractivity contribution is 5.92. The van der Waals surface area contributed by atoms with Gasteiger partial charge in [-0.25, -0.2) is 0 Å². The number of ether oxygens (including phenoxy) is 2. The van der Waals surface area contributed by atoms with E-state index >= 15 is 0 Å². The lowest BCUT2D eigenvalue weighted by molar-refractivity contribution is -0.126. The summed E-state index contributed by atoms with van der Waals surface area (Å²) in [6, 6.07) is 11.6. The van der Waals surface area contributed by atoms with Crippen molar-refractivity contribution in [1.82, 2.24) is 9.88 Å². The number of pyridine rings is 1. The molecule has 0 N–H and O–H groups in total. The van der Waals surface area contributed by atoms with E-state index in [9.17, 15) is 4.79 Å². The van der Waals surface area contributed by atoms with Gasteiger partial charge in [0.05, 0.1) is 11.7 Å². The smallest absolute Gasteiger partial charge is 0.247 e. The van der Waals surface area contributed by atoms with Crippen molar-refractivity contribution in [3.05, 3.63) is 59.9 Å². The first-order valence-corrected chi connectivity index (χ1v) is 8.61. The van der Waals surface area contributed by atoms with Crippen LogP contribution in [-0.2, 0) is 4.79 Å². The van der Waals surface area contributed by atoms with Gasteiger partial charge in [0.15, 0.2) is 11.5 Å². The minimum absolute atomic E-state index is 0.00230. The van der Waals surface area contributed by atoms with E-state index in [1.807, 2.05) is 41.3 Å². The van der Waals surface area contributed by atoms with Crippen molar-refractivity contribution in [2.75, 3.05) is 19.8 Å². The lowest BCUT2D eigenvalue weighted by Crippen LogP contribution is -2.29. The maximum Gasteiger partial charge on any atom is 0.247 e. The van der Waals surface area contributed by atoms with Crippen molar-refractivity contribution in [1.29, 1.82) is 0 Å². The van der Waals surface area contributed by atoms with Gasteiger partial charge in [0.25, 0.3) is 0 Å². The molecule has 1 aromatic heterocycles. The first kappa shape index (κ1) is 15.7. The summed E-state index contributed by atoms with van der Waals surface area (Å²) < 4.78 is 11.5. The molecule has 2 aromatic rings. The molecule has 1 aromatic carbocycles. The molecule has 0 unspecified atom stereocenters. The fourth-order valence-corrected chi connectivity index (χ4v) is 3.44. The predicted octanol–water partition coefficient (Wildman–Crippen LogP) is 3.23. The molecule has 5 heteroatoms. The SMILES string of the molecule is O=C(/C=C\c1ccccn1)N1CCC[C@H]1c1cccc2c1OCCO2. The molecule has 1 atom stereocenters. The van der Waals surface area contributed by atoms with E-state index in [1.54, 1.807) is 18.3 Å². The molecule has 2 aliphatic heterocycles. The number of carbonyl (C=O) groups is 1. The standard InChI is InChI=1S/C20H20N2O3/c23-19(10-9-15-5-1-2-11-21-15)22-12-4-7-17(22)16-6-3-8-18-20(16)25-14-13-24-18/h1-3,5-6,8-11,17H,4,7,12-14H2/b10-9-/t17-/m0/s1. The molecule has 0 aliphatic carbocycles. The van der Waals surface area contributed by atoms with E-state index in [1.165, 1.54) is 0 Å². The Bertz CT molecular complexity index is 789. The van der Waals surface area contributed by atoms with E-state index in [0.29, 0.717) is 13.2 Å². The summed E-state index contributed by atoms with van der Waals surface area (Å²) in [6.07, 6.45) is 7.00. The third kappa shape index (κ3) is 3.22. The van der Waals surface area contributed by atoms with Crippen molar-refractivity contribution < 1.29 is 14.3 Å². The minimum atomic E-state index is 0.00230. The summed E-state index contributed by atoms with van der Waals surface area (Å²) in [6.45, 7) is 1.86. The molecule has 2 aliphatic rings. The highest BCUT2D eigenvalue weighted by Crippen LogP contribution is 2.42. The van der Waals surface area contributed by atoms with Crippen LogP contribution in [0.5, 0.6) is 11.5 Å². The van der Waals surface area contributed by atoms with E-state index in [0.717, 1.165) is 42.1 Å². The van der Waals surface area contributed by atoms with E-state index in [-0.39, 0.29) is 11.9 Å². The van der Waals surface area contributed by atoms with Gasteiger partial charge in [-0.3, -0.25) is 9.78 Å². The zero-order valence-corrected chi connectivity index (χ0v) is 13.9. The number of likely N-dealkylation sites (tertiary alicyclic amines) is 1. The number of hydrogen-bond acceptors (Lipinski definition) is 4. The topological polar surface area (TPSA) is 51.7 Å². The molecular formula is C20H20N2O3. The fourth-order valence-electron chi connectivity index (χ4n) is 3.44. The molecular weight excluding hydrogens is 316 g/mol. The Hall–Kier alpha value is -2.82. The summed E-state index contributed by atoms with van der Waals surface area (Å²) in [7, 11) is 0. The van der Waals surface area contributed by atoms with Gasteiger partial charge in [-0.05, 0) is 37.1 Å². The molecule has 0 spiro atoms. The average Bonchev–Trinajstić information content (AvgIpc) is 3.16. The second-order valence-electron chi connectivity index (χ2n) is 6.15. The highest BCUT2D eigenvalue weighted by Gasteiger charge is 2.32. The van der Waals surface area contributed by atoms with Crippen LogP contribution in [0.2, 0.25) is 0 Å². The molecule has 0 radical (unpaired) electrons. The Morgan fingerprint density at radius 2 is 2.08 bits per heavy atom. The molecule has 1 saturated heterocycles. The van der Waals surface area contributed by atoms with Gasteiger partial charge in [-0.2, -0.15) is 0 Å². The lowest BCUT2D eigenvalue weighted by atomic mass is 10.0. The molecule has 128 valence electrons. The van der Waals surface area contributed by atoms with Crippen LogP contribution in [0.1, 0.15) is 30.1 Å². The van der Waals surface area contributed by atoms with Gasteiger partial charge in [0.2, 0.25) is 5.91 Å². The monoisotopic (exact) mass is 336 g/mol. The molecule has 4 rings (SSSR count). The Morgan fingerprint density at radius 3 is 2.96 bits per heavy atom. The van der Waals surface area contributed by atoms with Crippen molar-refractivity contribution in [3.8, 4) is 11.5 Å². The van der Waals surface area contributed by atoms with Crippen molar-refractivity contribution in [3.63, 3.8) is 0 Å². The molecule has 3 heterocycles. The number of benzene rings is 1. The molecule has 1 fully saturated rings. The number of hydrogen-bond donors (Lipinski definition) is 0. The number of nitrogens with zero attached hydrogens (tertiary/aromatic N) is 2. The largest absolute Gasteiger partial charge is 0.486 e. The third-order valence-electron chi connectivity index (χ3n) is 4.58. The predicted molar refractivity (Wildman–Crippen MR) is 94.4 cm³/mol. The van der Waals surface area contributed by atoms with E-state index in [4.69, 9.17) is 9.47 Å². The van der Waals surface area contributed by atoms with Gasteiger partial charge in [0.1, 0.15) is 13.2 Å². The first-order valence-electron chi connectivity index (χ1n) is 8.61. The molecule has 25 heavy (non-hydrogen) atoms. The normalized spacial score (nSPS) is 19.4. The van der Waals surface area contributed by atoms with Crippen LogP contribution < -0.4 is 9.47 Å². The third-order valence-corrected chi connectivity index (χ3v) is 4.58. The number of fused-ring (bicyclic) bond motifs is 1. The molecule has 0 bridgehead atoms. The van der Waals surface area contributed by atoms with Crippen LogP contribution in [0.25, 0.3) is 6.08 Å². The van der Waals surface area contributed by atoms with Crippen LogP contribution in [0.3, 0.4) is 0 Å². The Labute approximate surface area is 146 Å². The van der Waals surface area contributed by atoms with Crippen LogP contribution in [0, 0.1) is 0 Å². The van der Waals surface area contributed by atoms with Crippen molar-refractivity contribution in [2.24, 2.45) is 0 Å². The number of carbonyl (C=O) groups excluding carboxylic acids is 1. The van der Waals surface area contributed by atoms with Gasteiger partial charge in [-0.1, -0.05) is 18.2 Å². The van der Waals surface area contributed by atoms with Crippen LogP contribution >= 0.6 is 0 Å². The maximum absolute atomic E-state index is 12.7. The first-order chi connectivity index (χ1) is 12.3. The van der Waals surface area contributed by atoms with E-state index in [2.05, 4.69) is 4.98 Å². The summed E-state index contributed by atoms with van der Waals surface area (Å²) >= 11 is 0. The zero-order valence-electron chi connectivity index (χ0n) is 13.9. The summed E-state index contributed by atoms with van der Waals surface area (Å²) in [4.78, 5) is 18.8. The molecule has 0 saturated carbocycles. The molecule has 5 nitrogen and oxygen atoms in total. The number of rotatable bonds is 3. The van der Waals surface area contributed by atoms with E-state index < -0.39 is 0 Å². The highest BCUT2D eigenvalue weighted by atomic mass is 16.6. The second-order valence-corrected chi connectivity index (χ2v) is 6.15. The van der Waals surface area contributed by atoms with Crippen LogP contribution in [0.4, 0.5) is 0 Å². The fraction of sp³-hybridized carbons (Fsp3) is 0.300. The second kappa shape index (κ2) is 6.97. The van der Waals surface area contributed by atoms with Crippen LogP contribution in [0.15, 0.2) is 48.7 Å². The average molecular weight is 336 g/mol. The maximum atomic E-state index is 12.7. The van der Waals surface area contributed by atoms with Gasteiger partial charge >= 0.3 is 0 Å². The quantitative estimate of drug-likeness (QED) is 0.808. The summed E-state index contributed by atoms with van der Waals surface area (Å²) in [5, 5.41) is 0. The minimum Gasteiger partial charge on any atom is -0.486 e. The summed E-state index contributed by atoms with van der Waals surface area (Å²) in [5.74, 6) is 1.56. The summed E-state index contributed by atoms with van der Waals surface area (Å²) in [5.41, 5.74) is 1.81. The van der Waals surface area contributed by atoms with Crippen molar-refractivity contribution >= 4 is 12.0 Å². The van der Waals surface area contributed by atoms with Crippen LogP contribution in [-0.4, -0.2) is 35.5 Å². The van der Waals surface area contributed by atoms with Gasteiger partial charge in [-0.15, -0.1) is 0 Å². The number of amides is 1. The van der Waals surface area contributed by atoms with Gasteiger partial charge < -0.3 is 14.4 Å². The Balaban J connectivity index is 1.57. The zero-order chi connectivity index (χ0) is 17.1.